The van der Waals surface area contributed by atoms with Gasteiger partial charge in [-0.2, -0.15) is 0 Å². The average molecular weight is 350 g/mol. The number of piperidine rings is 1. The molecule has 0 spiro atoms. The quantitative estimate of drug-likeness (QED) is 0.754. The molecule has 0 atom stereocenters. The summed E-state index contributed by atoms with van der Waals surface area (Å²) in [5, 5.41) is 6.49. The SMILES string of the molecule is CCOc1cc(C(=O)NC2(C)CCNCC2)cc(OCC)c1OCC. The fraction of sp³-hybridized carbons (Fsp3) is 0.632. The standard InChI is InChI=1S/C19H30N2O4/c1-5-23-15-12-14(13-16(24-6-2)17(15)25-7-3)18(22)21-19(4)8-10-20-11-9-19/h12-13,20H,5-11H2,1-4H3,(H,21,22). The molecule has 1 fully saturated rings. The van der Waals surface area contributed by atoms with Gasteiger partial charge in [0.15, 0.2) is 11.5 Å². The van der Waals surface area contributed by atoms with Crippen LogP contribution in [0, 0.1) is 0 Å². The highest BCUT2D eigenvalue weighted by Gasteiger charge is 2.29. The number of benzene rings is 1. The fourth-order valence-corrected chi connectivity index (χ4v) is 2.97. The van der Waals surface area contributed by atoms with E-state index in [0.717, 1.165) is 25.9 Å². The Labute approximate surface area is 150 Å². The third-order valence-corrected chi connectivity index (χ3v) is 4.29. The molecule has 1 saturated heterocycles. The first-order chi connectivity index (χ1) is 12.0. The van der Waals surface area contributed by atoms with Crippen molar-refractivity contribution in [1.82, 2.24) is 10.6 Å². The minimum Gasteiger partial charge on any atom is -0.490 e. The molecule has 0 unspecified atom stereocenters. The molecule has 0 aromatic heterocycles. The third-order valence-electron chi connectivity index (χ3n) is 4.29. The van der Waals surface area contributed by atoms with Crippen molar-refractivity contribution >= 4 is 5.91 Å². The predicted octanol–water partition coefficient (Wildman–Crippen LogP) is 2.75. The Morgan fingerprint density at radius 1 is 1.04 bits per heavy atom. The van der Waals surface area contributed by atoms with Crippen LogP contribution in [0.2, 0.25) is 0 Å². The van der Waals surface area contributed by atoms with Crippen LogP contribution in [0.3, 0.4) is 0 Å². The van der Waals surface area contributed by atoms with Crippen LogP contribution in [-0.2, 0) is 0 Å². The Morgan fingerprint density at radius 3 is 2.04 bits per heavy atom. The largest absolute Gasteiger partial charge is 0.490 e. The van der Waals surface area contributed by atoms with Gasteiger partial charge in [-0.1, -0.05) is 0 Å². The lowest BCUT2D eigenvalue weighted by Gasteiger charge is -2.35. The molecule has 1 aromatic carbocycles. The summed E-state index contributed by atoms with van der Waals surface area (Å²) < 4.78 is 17.1. The molecular formula is C19H30N2O4. The number of hydrogen-bond acceptors (Lipinski definition) is 5. The van der Waals surface area contributed by atoms with E-state index in [0.29, 0.717) is 42.6 Å². The molecule has 0 aliphatic carbocycles. The van der Waals surface area contributed by atoms with E-state index in [4.69, 9.17) is 14.2 Å². The van der Waals surface area contributed by atoms with Crippen LogP contribution in [0.5, 0.6) is 17.2 Å². The van der Waals surface area contributed by atoms with Crippen molar-refractivity contribution in [3.63, 3.8) is 0 Å². The van der Waals surface area contributed by atoms with Crippen LogP contribution >= 0.6 is 0 Å². The first-order valence-electron chi connectivity index (χ1n) is 9.12. The van der Waals surface area contributed by atoms with Crippen molar-refractivity contribution in [3.8, 4) is 17.2 Å². The molecule has 0 saturated carbocycles. The van der Waals surface area contributed by atoms with Crippen molar-refractivity contribution in [2.45, 2.75) is 46.1 Å². The molecule has 140 valence electrons. The van der Waals surface area contributed by atoms with Gasteiger partial charge in [0.2, 0.25) is 5.75 Å². The van der Waals surface area contributed by atoms with E-state index >= 15 is 0 Å². The lowest BCUT2D eigenvalue weighted by molar-refractivity contribution is 0.0886. The van der Waals surface area contributed by atoms with Gasteiger partial charge in [-0.15, -0.1) is 0 Å². The maximum absolute atomic E-state index is 12.8. The number of rotatable bonds is 8. The molecule has 1 amide bonds. The van der Waals surface area contributed by atoms with Crippen LogP contribution in [0.25, 0.3) is 0 Å². The molecule has 2 N–H and O–H groups in total. The molecule has 6 heteroatoms. The maximum Gasteiger partial charge on any atom is 0.251 e. The molecule has 6 nitrogen and oxygen atoms in total. The molecule has 1 aliphatic heterocycles. The zero-order valence-corrected chi connectivity index (χ0v) is 15.7. The van der Waals surface area contributed by atoms with Crippen molar-refractivity contribution < 1.29 is 19.0 Å². The predicted molar refractivity (Wildman–Crippen MR) is 97.9 cm³/mol. The van der Waals surface area contributed by atoms with Gasteiger partial charge in [0, 0.05) is 11.1 Å². The van der Waals surface area contributed by atoms with Gasteiger partial charge in [0.25, 0.3) is 5.91 Å². The van der Waals surface area contributed by atoms with Crippen molar-refractivity contribution in [2.24, 2.45) is 0 Å². The summed E-state index contributed by atoms with van der Waals surface area (Å²) in [6.07, 6.45) is 1.82. The van der Waals surface area contributed by atoms with Crippen LogP contribution < -0.4 is 24.8 Å². The number of nitrogens with one attached hydrogen (secondary N) is 2. The summed E-state index contributed by atoms with van der Waals surface area (Å²) in [4.78, 5) is 12.8. The highest BCUT2D eigenvalue weighted by molar-refractivity contribution is 5.96. The normalized spacial score (nSPS) is 16.2. The lowest BCUT2D eigenvalue weighted by atomic mass is 9.90. The Balaban J connectivity index is 2.30. The molecule has 0 radical (unpaired) electrons. The molecule has 2 rings (SSSR count). The van der Waals surface area contributed by atoms with Crippen LogP contribution in [0.1, 0.15) is 50.9 Å². The highest BCUT2D eigenvalue weighted by Crippen LogP contribution is 2.39. The molecule has 1 heterocycles. The van der Waals surface area contributed by atoms with Gasteiger partial charge < -0.3 is 24.8 Å². The Kier molecular flexibility index (Phi) is 6.93. The van der Waals surface area contributed by atoms with E-state index < -0.39 is 0 Å². The van der Waals surface area contributed by atoms with Crippen LogP contribution in [0.15, 0.2) is 12.1 Å². The average Bonchev–Trinajstić information content (AvgIpc) is 2.58. The number of carbonyl (C=O) groups excluding carboxylic acids is 1. The fourth-order valence-electron chi connectivity index (χ4n) is 2.97. The first-order valence-corrected chi connectivity index (χ1v) is 9.12. The molecule has 0 bridgehead atoms. The summed E-state index contributed by atoms with van der Waals surface area (Å²) in [7, 11) is 0. The van der Waals surface area contributed by atoms with Gasteiger partial charge in [-0.05, 0) is 65.8 Å². The second-order valence-electron chi connectivity index (χ2n) is 6.37. The maximum atomic E-state index is 12.8. The Bertz CT molecular complexity index is 556. The number of ether oxygens (including phenoxy) is 3. The lowest BCUT2D eigenvalue weighted by Crippen LogP contribution is -2.52. The van der Waals surface area contributed by atoms with Gasteiger partial charge in [0.1, 0.15) is 0 Å². The molecule has 1 aromatic rings. The number of carbonyl (C=O) groups is 1. The summed E-state index contributed by atoms with van der Waals surface area (Å²) in [5.74, 6) is 1.51. The van der Waals surface area contributed by atoms with Gasteiger partial charge >= 0.3 is 0 Å². The van der Waals surface area contributed by atoms with E-state index in [1.165, 1.54) is 0 Å². The Hall–Kier alpha value is -1.95. The van der Waals surface area contributed by atoms with Gasteiger partial charge in [-0.3, -0.25) is 4.79 Å². The first kappa shape index (κ1) is 19.4. The van der Waals surface area contributed by atoms with Crippen LogP contribution in [-0.4, -0.2) is 44.4 Å². The summed E-state index contributed by atoms with van der Waals surface area (Å²) in [6, 6.07) is 3.47. The number of amides is 1. The zero-order valence-electron chi connectivity index (χ0n) is 15.7. The molecule has 1 aliphatic rings. The Morgan fingerprint density at radius 2 is 1.56 bits per heavy atom. The van der Waals surface area contributed by atoms with Gasteiger partial charge in [0.05, 0.1) is 19.8 Å². The van der Waals surface area contributed by atoms with E-state index in [9.17, 15) is 4.79 Å². The molecule has 25 heavy (non-hydrogen) atoms. The third kappa shape index (κ3) is 5.01. The topological polar surface area (TPSA) is 68.8 Å². The van der Waals surface area contributed by atoms with E-state index in [1.54, 1.807) is 12.1 Å². The number of hydrogen-bond donors (Lipinski definition) is 2. The summed E-state index contributed by atoms with van der Waals surface area (Å²) in [6.45, 7) is 11.1. The van der Waals surface area contributed by atoms with Crippen LogP contribution in [0.4, 0.5) is 0 Å². The van der Waals surface area contributed by atoms with E-state index in [1.807, 2.05) is 20.8 Å². The summed E-state index contributed by atoms with van der Waals surface area (Å²) >= 11 is 0. The smallest absolute Gasteiger partial charge is 0.251 e. The minimum atomic E-state index is -0.196. The minimum absolute atomic E-state index is 0.116. The van der Waals surface area contributed by atoms with Gasteiger partial charge in [-0.25, -0.2) is 0 Å². The van der Waals surface area contributed by atoms with E-state index in [-0.39, 0.29) is 11.4 Å². The zero-order chi connectivity index (χ0) is 18.3. The highest BCUT2D eigenvalue weighted by atomic mass is 16.5. The monoisotopic (exact) mass is 350 g/mol. The molecular weight excluding hydrogens is 320 g/mol. The van der Waals surface area contributed by atoms with Crippen molar-refractivity contribution in [3.05, 3.63) is 17.7 Å². The van der Waals surface area contributed by atoms with Crippen molar-refractivity contribution in [2.75, 3.05) is 32.9 Å². The second-order valence-corrected chi connectivity index (χ2v) is 6.37. The van der Waals surface area contributed by atoms with Crippen molar-refractivity contribution in [1.29, 1.82) is 0 Å². The van der Waals surface area contributed by atoms with E-state index in [2.05, 4.69) is 17.6 Å². The second kappa shape index (κ2) is 8.94. The summed E-state index contributed by atoms with van der Waals surface area (Å²) in [5.41, 5.74) is 0.327.